The first-order chi connectivity index (χ1) is 10.1. The van der Waals surface area contributed by atoms with E-state index in [4.69, 9.17) is 4.74 Å². The van der Waals surface area contributed by atoms with Crippen molar-refractivity contribution in [2.24, 2.45) is 0 Å². The van der Waals surface area contributed by atoms with Gasteiger partial charge in [-0.1, -0.05) is 19.3 Å². The Morgan fingerprint density at radius 3 is 2.52 bits per heavy atom. The third kappa shape index (κ3) is 4.19. The summed E-state index contributed by atoms with van der Waals surface area (Å²) in [5.41, 5.74) is 0. The highest BCUT2D eigenvalue weighted by Crippen LogP contribution is 2.23. The summed E-state index contributed by atoms with van der Waals surface area (Å²) in [7, 11) is 1.91. The molecular weight excluding hydrogens is 268 g/mol. The minimum absolute atomic E-state index is 0.137. The van der Waals surface area contributed by atoms with Crippen LogP contribution in [0.2, 0.25) is 0 Å². The van der Waals surface area contributed by atoms with Crippen LogP contribution in [-0.4, -0.2) is 60.5 Å². The molecule has 2 rings (SSSR count). The summed E-state index contributed by atoms with van der Waals surface area (Å²) in [4.78, 5) is 28.3. The van der Waals surface area contributed by atoms with Crippen LogP contribution in [0.25, 0.3) is 0 Å². The Kier molecular flexibility index (Phi) is 6.03. The molecule has 2 aliphatic rings. The van der Waals surface area contributed by atoms with E-state index < -0.39 is 0 Å². The molecule has 1 aliphatic carbocycles. The van der Waals surface area contributed by atoms with Crippen molar-refractivity contribution in [1.82, 2.24) is 9.80 Å². The van der Waals surface area contributed by atoms with Gasteiger partial charge in [-0.25, -0.2) is 0 Å². The number of likely N-dealkylation sites (tertiary alicyclic amines) is 1. The van der Waals surface area contributed by atoms with E-state index in [9.17, 15) is 9.59 Å². The highest BCUT2D eigenvalue weighted by Gasteiger charge is 2.34. The fraction of sp³-hybridized carbons (Fsp3) is 0.875. The van der Waals surface area contributed by atoms with E-state index >= 15 is 0 Å². The summed E-state index contributed by atoms with van der Waals surface area (Å²) in [6.45, 7) is 3.38. The molecular formula is C16H28N2O3. The highest BCUT2D eigenvalue weighted by molar-refractivity contribution is 5.81. The molecule has 2 fully saturated rings. The summed E-state index contributed by atoms with van der Waals surface area (Å²) in [5, 5.41) is 0. The standard InChI is InChI=1S/C16H28N2O3/c1-3-21-16(20)14-10-7-11-18(14)12-15(19)17(2)13-8-5-4-6-9-13/h13-14H,3-12H2,1-2H3. The molecule has 0 aromatic carbocycles. The van der Waals surface area contributed by atoms with E-state index in [1.807, 2.05) is 23.8 Å². The van der Waals surface area contributed by atoms with E-state index in [-0.39, 0.29) is 17.9 Å². The normalized spacial score (nSPS) is 24.0. The molecule has 1 saturated carbocycles. The van der Waals surface area contributed by atoms with Crippen LogP contribution < -0.4 is 0 Å². The first kappa shape index (κ1) is 16.3. The van der Waals surface area contributed by atoms with Crippen molar-refractivity contribution < 1.29 is 14.3 Å². The number of likely N-dealkylation sites (N-methyl/N-ethyl adjacent to an activating group) is 1. The molecule has 1 atom stereocenters. The number of nitrogens with zero attached hydrogens (tertiary/aromatic N) is 2. The minimum Gasteiger partial charge on any atom is -0.465 e. The van der Waals surface area contributed by atoms with E-state index in [2.05, 4.69) is 0 Å². The maximum absolute atomic E-state index is 12.5. The van der Waals surface area contributed by atoms with Gasteiger partial charge in [-0.3, -0.25) is 14.5 Å². The highest BCUT2D eigenvalue weighted by atomic mass is 16.5. The minimum atomic E-state index is -0.228. The number of hydrogen-bond acceptors (Lipinski definition) is 4. The third-order valence-electron chi connectivity index (χ3n) is 4.78. The molecule has 1 amide bonds. The van der Waals surface area contributed by atoms with Gasteiger partial charge in [-0.05, 0) is 39.2 Å². The molecule has 1 heterocycles. The Labute approximate surface area is 127 Å². The second-order valence-electron chi connectivity index (χ2n) is 6.18. The van der Waals surface area contributed by atoms with Gasteiger partial charge < -0.3 is 9.64 Å². The lowest BCUT2D eigenvalue weighted by atomic mass is 9.94. The Bertz CT molecular complexity index is 367. The molecule has 0 N–H and O–H groups in total. The fourth-order valence-corrected chi connectivity index (χ4v) is 3.48. The van der Waals surface area contributed by atoms with Gasteiger partial charge in [0.2, 0.25) is 5.91 Å². The zero-order chi connectivity index (χ0) is 15.2. The van der Waals surface area contributed by atoms with Crippen LogP contribution in [0.5, 0.6) is 0 Å². The van der Waals surface area contributed by atoms with Gasteiger partial charge in [0.1, 0.15) is 6.04 Å². The van der Waals surface area contributed by atoms with Crippen LogP contribution in [0.15, 0.2) is 0 Å². The van der Waals surface area contributed by atoms with Gasteiger partial charge in [-0.15, -0.1) is 0 Å². The van der Waals surface area contributed by atoms with E-state index in [1.165, 1.54) is 19.3 Å². The molecule has 0 spiro atoms. The lowest BCUT2D eigenvalue weighted by molar-refractivity contribution is -0.149. The number of amides is 1. The maximum atomic E-state index is 12.5. The lowest BCUT2D eigenvalue weighted by Gasteiger charge is -2.33. The first-order valence-electron chi connectivity index (χ1n) is 8.29. The summed E-state index contributed by atoms with van der Waals surface area (Å²) in [6, 6.07) is 0.156. The smallest absolute Gasteiger partial charge is 0.323 e. The quantitative estimate of drug-likeness (QED) is 0.726. The summed E-state index contributed by atoms with van der Waals surface area (Å²) in [6.07, 6.45) is 7.72. The fourth-order valence-electron chi connectivity index (χ4n) is 3.48. The van der Waals surface area contributed by atoms with Crippen LogP contribution in [0.1, 0.15) is 51.9 Å². The van der Waals surface area contributed by atoms with Gasteiger partial charge in [-0.2, -0.15) is 0 Å². The topological polar surface area (TPSA) is 49.9 Å². The van der Waals surface area contributed by atoms with Crippen molar-refractivity contribution in [3.63, 3.8) is 0 Å². The molecule has 120 valence electrons. The molecule has 1 aliphatic heterocycles. The number of carbonyl (C=O) groups is 2. The molecule has 0 aromatic heterocycles. The molecule has 0 bridgehead atoms. The van der Waals surface area contributed by atoms with E-state index in [1.54, 1.807) is 0 Å². The van der Waals surface area contributed by atoms with Gasteiger partial charge in [0.15, 0.2) is 0 Å². The van der Waals surface area contributed by atoms with Crippen LogP contribution in [0.4, 0.5) is 0 Å². The Balaban J connectivity index is 1.87. The molecule has 5 heteroatoms. The predicted molar refractivity (Wildman–Crippen MR) is 80.9 cm³/mol. The van der Waals surface area contributed by atoms with Crippen LogP contribution in [0.3, 0.4) is 0 Å². The van der Waals surface area contributed by atoms with E-state index in [0.717, 1.165) is 32.2 Å². The summed E-state index contributed by atoms with van der Waals surface area (Å²) in [5.74, 6) is -0.0405. The number of esters is 1. The zero-order valence-electron chi connectivity index (χ0n) is 13.3. The first-order valence-corrected chi connectivity index (χ1v) is 8.29. The van der Waals surface area contributed by atoms with Gasteiger partial charge in [0.05, 0.1) is 13.2 Å². The Hall–Kier alpha value is -1.10. The number of rotatable bonds is 5. The van der Waals surface area contributed by atoms with Crippen molar-refractivity contribution in [3.8, 4) is 0 Å². The van der Waals surface area contributed by atoms with Crippen molar-refractivity contribution in [3.05, 3.63) is 0 Å². The SMILES string of the molecule is CCOC(=O)C1CCCN1CC(=O)N(C)C1CCCCC1. The molecule has 1 saturated heterocycles. The predicted octanol–water partition coefficient (Wildman–Crippen LogP) is 1.80. The number of hydrogen-bond donors (Lipinski definition) is 0. The largest absolute Gasteiger partial charge is 0.465 e. The summed E-state index contributed by atoms with van der Waals surface area (Å²) >= 11 is 0. The second kappa shape index (κ2) is 7.78. The molecule has 5 nitrogen and oxygen atoms in total. The van der Waals surface area contributed by atoms with Crippen molar-refractivity contribution in [1.29, 1.82) is 0 Å². The average molecular weight is 296 g/mol. The lowest BCUT2D eigenvalue weighted by Crippen LogP contribution is -2.47. The molecule has 0 radical (unpaired) electrons. The Morgan fingerprint density at radius 1 is 1.14 bits per heavy atom. The van der Waals surface area contributed by atoms with Gasteiger partial charge in [0, 0.05) is 13.1 Å². The zero-order valence-corrected chi connectivity index (χ0v) is 13.3. The average Bonchev–Trinajstić information content (AvgIpc) is 2.95. The monoisotopic (exact) mass is 296 g/mol. The van der Waals surface area contributed by atoms with Gasteiger partial charge >= 0.3 is 5.97 Å². The van der Waals surface area contributed by atoms with Crippen LogP contribution in [0, 0.1) is 0 Å². The van der Waals surface area contributed by atoms with Crippen LogP contribution >= 0.6 is 0 Å². The van der Waals surface area contributed by atoms with Crippen molar-refractivity contribution in [2.75, 3.05) is 26.7 Å². The summed E-state index contributed by atoms with van der Waals surface area (Å²) < 4.78 is 5.11. The maximum Gasteiger partial charge on any atom is 0.323 e. The van der Waals surface area contributed by atoms with Crippen molar-refractivity contribution in [2.45, 2.75) is 64.0 Å². The molecule has 0 aromatic rings. The second-order valence-corrected chi connectivity index (χ2v) is 6.18. The van der Waals surface area contributed by atoms with Gasteiger partial charge in [0.25, 0.3) is 0 Å². The van der Waals surface area contributed by atoms with Crippen molar-refractivity contribution >= 4 is 11.9 Å². The molecule has 1 unspecified atom stereocenters. The van der Waals surface area contributed by atoms with Crippen LogP contribution in [-0.2, 0) is 14.3 Å². The number of ether oxygens (including phenoxy) is 1. The molecule has 21 heavy (non-hydrogen) atoms. The Morgan fingerprint density at radius 2 is 1.86 bits per heavy atom. The third-order valence-corrected chi connectivity index (χ3v) is 4.78. The van der Waals surface area contributed by atoms with E-state index in [0.29, 0.717) is 19.2 Å². The number of carbonyl (C=O) groups excluding carboxylic acids is 2.